The van der Waals surface area contributed by atoms with Gasteiger partial charge in [-0.1, -0.05) is 30.8 Å². The van der Waals surface area contributed by atoms with Gasteiger partial charge in [0.05, 0.1) is 11.5 Å². The molecule has 21 heavy (non-hydrogen) atoms. The summed E-state index contributed by atoms with van der Waals surface area (Å²) in [6.45, 7) is 6.09. The SMILES string of the molecule is CC(C)c1nc(S[C@H](C)c2nc(-c3ccco3)no2)n[nH]1. The van der Waals surface area contributed by atoms with Crippen molar-refractivity contribution >= 4 is 11.8 Å². The van der Waals surface area contributed by atoms with Crippen molar-refractivity contribution in [2.45, 2.75) is 37.1 Å². The van der Waals surface area contributed by atoms with Crippen LogP contribution in [0.1, 0.15) is 43.7 Å². The highest BCUT2D eigenvalue weighted by atomic mass is 32.2. The van der Waals surface area contributed by atoms with E-state index in [-0.39, 0.29) is 5.25 Å². The smallest absolute Gasteiger partial charge is 0.240 e. The Morgan fingerprint density at radius 2 is 2.10 bits per heavy atom. The second-order valence-corrected chi connectivity index (χ2v) is 6.16. The van der Waals surface area contributed by atoms with Crippen LogP contribution in [0.2, 0.25) is 0 Å². The van der Waals surface area contributed by atoms with Gasteiger partial charge in [-0.25, -0.2) is 4.98 Å². The van der Waals surface area contributed by atoms with Crippen LogP contribution in [0.3, 0.4) is 0 Å². The molecule has 0 saturated carbocycles. The summed E-state index contributed by atoms with van der Waals surface area (Å²) in [5.41, 5.74) is 0. The molecule has 3 aromatic rings. The molecule has 0 radical (unpaired) electrons. The lowest BCUT2D eigenvalue weighted by Gasteiger charge is -2.01. The molecule has 3 aromatic heterocycles. The van der Waals surface area contributed by atoms with Crippen molar-refractivity contribution in [3.8, 4) is 11.6 Å². The molecule has 0 unspecified atom stereocenters. The number of aromatic amines is 1. The summed E-state index contributed by atoms with van der Waals surface area (Å²) >= 11 is 1.47. The molecular weight excluding hydrogens is 290 g/mol. The Bertz CT molecular complexity index is 704. The Kier molecular flexibility index (Phi) is 3.78. The Hall–Kier alpha value is -2.09. The molecule has 8 heteroatoms. The molecule has 0 amide bonds. The molecule has 0 aromatic carbocycles. The van der Waals surface area contributed by atoms with Gasteiger partial charge < -0.3 is 8.94 Å². The summed E-state index contributed by atoms with van der Waals surface area (Å²) < 4.78 is 10.5. The minimum atomic E-state index is -0.0444. The number of nitrogens with zero attached hydrogens (tertiary/aromatic N) is 4. The van der Waals surface area contributed by atoms with Crippen LogP contribution < -0.4 is 0 Å². The zero-order chi connectivity index (χ0) is 14.8. The number of furan rings is 1. The monoisotopic (exact) mass is 305 g/mol. The first-order chi connectivity index (χ1) is 10.1. The molecule has 0 bridgehead atoms. The van der Waals surface area contributed by atoms with Gasteiger partial charge in [-0.15, -0.1) is 5.10 Å². The topological polar surface area (TPSA) is 93.6 Å². The molecule has 1 atom stereocenters. The average Bonchev–Trinajstić information content (AvgIpc) is 3.19. The van der Waals surface area contributed by atoms with E-state index in [0.717, 1.165) is 5.82 Å². The lowest BCUT2D eigenvalue weighted by atomic mass is 10.2. The highest BCUT2D eigenvalue weighted by Gasteiger charge is 2.19. The van der Waals surface area contributed by atoms with Crippen molar-refractivity contribution in [1.29, 1.82) is 0 Å². The second kappa shape index (κ2) is 5.72. The van der Waals surface area contributed by atoms with Crippen LogP contribution in [-0.4, -0.2) is 25.3 Å². The van der Waals surface area contributed by atoms with E-state index < -0.39 is 0 Å². The first kappa shape index (κ1) is 13.9. The lowest BCUT2D eigenvalue weighted by molar-refractivity contribution is 0.379. The fourth-order valence-corrected chi connectivity index (χ4v) is 2.45. The van der Waals surface area contributed by atoms with Gasteiger partial charge in [0.25, 0.3) is 0 Å². The molecule has 0 fully saturated rings. The Balaban J connectivity index is 1.71. The van der Waals surface area contributed by atoms with Crippen LogP contribution in [0, 0.1) is 0 Å². The van der Waals surface area contributed by atoms with Gasteiger partial charge in [0.2, 0.25) is 16.9 Å². The maximum atomic E-state index is 5.27. The van der Waals surface area contributed by atoms with Crippen LogP contribution in [0.25, 0.3) is 11.6 Å². The van der Waals surface area contributed by atoms with E-state index in [4.69, 9.17) is 8.94 Å². The van der Waals surface area contributed by atoms with Gasteiger partial charge in [-0.2, -0.15) is 4.98 Å². The standard InChI is InChI=1S/C13H15N5O2S/c1-7(2)10-15-13(17-16-10)21-8(3)12-14-11(18-20-12)9-5-4-6-19-9/h4-8H,1-3H3,(H,15,16,17)/t8-/m1/s1. The molecule has 3 rings (SSSR count). The first-order valence-electron chi connectivity index (χ1n) is 6.60. The van der Waals surface area contributed by atoms with E-state index in [1.165, 1.54) is 11.8 Å². The van der Waals surface area contributed by atoms with Gasteiger partial charge in [0.1, 0.15) is 5.82 Å². The van der Waals surface area contributed by atoms with Crippen molar-refractivity contribution in [1.82, 2.24) is 25.3 Å². The van der Waals surface area contributed by atoms with Gasteiger partial charge >= 0.3 is 0 Å². The zero-order valence-corrected chi connectivity index (χ0v) is 12.7. The normalized spacial score (nSPS) is 13.0. The van der Waals surface area contributed by atoms with Crippen molar-refractivity contribution < 1.29 is 8.94 Å². The summed E-state index contributed by atoms with van der Waals surface area (Å²) in [7, 11) is 0. The van der Waals surface area contributed by atoms with Crippen molar-refractivity contribution in [2.24, 2.45) is 0 Å². The first-order valence-corrected chi connectivity index (χ1v) is 7.48. The summed E-state index contributed by atoms with van der Waals surface area (Å²) in [5, 5.41) is 11.6. The molecule has 1 N–H and O–H groups in total. The number of H-pyrrole nitrogens is 1. The molecule has 0 saturated heterocycles. The molecule has 0 spiro atoms. The van der Waals surface area contributed by atoms with Gasteiger partial charge in [0.15, 0.2) is 5.76 Å². The van der Waals surface area contributed by atoms with Crippen LogP contribution in [0.15, 0.2) is 32.5 Å². The molecule has 3 heterocycles. The van der Waals surface area contributed by atoms with E-state index >= 15 is 0 Å². The van der Waals surface area contributed by atoms with E-state index in [2.05, 4.69) is 39.2 Å². The van der Waals surface area contributed by atoms with Crippen LogP contribution in [0.5, 0.6) is 0 Å². The molecule has 0 aliphatic rings. The number of thioether (sulfide) groups is 1. The van der Waals surface area contributed by atoms with Crippen LogP contribution in [-0.2, 0) is 0 Å². The van der Waals surface area contributed by atoms with Crippen molar-refractivity contribution in [3.05, 3.63) is 30.1 Å². The Labute approximate surface area is 125 Å². The predicted molar refractivity (Wildman–Crippen MR) is 76.7 cm³/mol. The third-order valence-electron chi connectivity index (χ3n) is 2.84. The molecular formula is C13H15N5O2S. The highest BCUT2D eigenvalue weighted by molar-refractivity contribution is 7.99. The third kappa shape index (κ3) is 2.99. The van der Waals surface area contributed by atoms with Gasteiger partial charge in [-0.05, 0) is 19.1 Å². The zero-order valence-electron chi connectivity index (χ0n) is 11.9. The predicted octanol–water partition coefficient (Wildman–Crippen LogP) is 3.42. The number of hydrogen-bond donors (Lipinski definition) is 1. The largest absolute Gasteiger partial charge is 0.461 e. The minimum Gasteiger partial charge on any atom is -0.461 e. The summed E-state index contributed by atoms with van der Waals surface area (Å²) in [4.78, 5) is 8.75. The summed E-state index contributed by atoms with van der Waals surface area (Å²) in [6, 6.07) is 3.57. The van der Waals surface area contributed by atoms with Crippen molar-refractivity contribution in [2.75, 3.05) is 0 Å². The Morgan fingerprint density at radius 1 is 1.24 bits per heavy atom. The number of hydrogen-bond acceptors (Lipinski definition) is 7. The fraction of sp³-hybridized carbons (Fsp3) is 0.385. The maximum absolute atomic E-state index is 5.27. The quantitative estimate of drug-likeness (QED) is 0.722. The van der Waals surface area contributed by atoms with E-state index in [1.807, 2.05) is 6.92 Å². The summed E-state index contributed by atoms with van der Waals surface area (Å²) in [6.07, 6.45) is 1.57. The average molecular weight is 305 g/mol. The van der Waals surface area contributed by atoms with E-state index in [9.17, 15) is 0 Å². The Morgan fingerprint density at radius 3 is 2.76 bits per heavy atom. The highest BCUT2D eigenvalue weighted by Crippen LogP contribution is 2.33. The molecule has 7 nitrogen and oxygen atoms in total. The van der Waals surface area contributed by atoms with Crippen molar-refractivity contribution in [3.63, 3.8) is 0 Å². The fourth-order valence-electron chi connectivity index (χ4n) is 1.68. The lowest BCUT2D eigenvalue weighted by Crippen LogP contribution is -1.91. The van der Waals surface area contributed by atoms with E-state index in [0.29, 0.717) is 28.5 Å². The summed E-state index contributed by atoms with van der Waals surface area (Å²) in [5.74, 6) is 2.73. The van der Waals surface area contributed by atoms with Gasteiger partial charge in [0, 0.05) is 5.92 Å². The van der Waals surface area contributed by atoms with Crippen LogP contribution in [0.4, 0.5) is 0 Å². The van der Waals surface area contributed by atoms with Gasteiger partial charge in [-0.3, -0.25) is 5.10 Å². The molecule has 0 aliphatic carbocycles. The third-order valence-corrected chi connectivity index (χ3v) is 3.79. The molecule has 110 valence electrons. The number of rotatable bonds is 5. The number of aromatic nitrogens is 5. The van der Waals surface area contributed by atoms with Crippen LogP contribution >= 0.6 is 11.8 Å². The minimum absolute atomic E-state index is 0.0444. The second-order valence-electron chi connectivity index (χ2n) is 4.85. The van der Waals surface area contributed by atoms with E-state index in [1.54, 1.807) is 18.4 Å². The number of nitrogens with one attached hydrogen (secondary N) is 1. The maximum Gasteiger partial charge on any atom is 0.240 e. The molecule has 0 aliphatic heterocycles.